The Labute approximate surface area is 229 Å². The molecule has 0 saturated carbocycles. The van der Waals surface area contributed by atoms with Gasteiger partial charge in [-0.05, 0) is 30.7 Å². The third-order valence-electron chi connectivity index (χ3n) is 7.06. The van der Waals surface area contributed by atoms with E-state index in [1.54, 1.807) is 24.0 Å². The van der Waals surface area contributed by atoms with Crippen LogP contribution in [0.1, 0.15) is 17.0 Å². The van der Waals surface area contributed by atoms with Crippen LogP contribution in [0.2, 0.25) is 0 Å². The summed E-state index contributed by atoms with van der Waals surface area (Å²) in [4.78, 5) is 26.6. The molecule has 1 saturated heterocycles. The number of hydrogen-bond acceptors (Lipinski definition) is 4. The lowest BCUT2D eigenvalue weighted by Crippen LogP contribution is -2.43. The number of para-hydroxylation sites is 1. The third kappa shape index (κ3) is 5.94. The molecule has 2 aromatic carbocycles. The number of likely N-dealkylation sites (tertiary alicyclic amines) is 1. The first kappa shape index (κ1) is 27.2. The highest BCUT2D eigenvalue weighted by atomic mass is 19.4. The van der Waals surface area contributed by atoms with E-state index in [2.05, 4.69) is 10.6 Å². The van der Waals surface area contributed by atoms with Crippen LogP contribution in [-0.2, 0) is 7.05 Å². The molecule has 0 aliphatic carbocycles. The lowest BCUT2D eigenvalue weighted by atomic mass is 9.94. The summed E-state index contributed by atoms with van der Waals surface area (Å²) in [6, 6.07) is 20.5. The maximum absolute atomic E-state index is 13.4. The van der Waals surface area contributed by atoms with Crippen molar-refractivity contribution in [3.05, 3.63) is 100 Å². The van der Waals surface area contributed by atoms with Gasteiger partial charge in [0.1, 0.15) is 5.82 Å². The second-order valence-electron chi connectivity index (χ2n) is 9.97. The van der Waals surface area contributed by atoms with Gasteiger partial charge in [0.15, 0.2) is 0 Å². The van der Waals surface area contributed by atoms with Crippen LogP contribution in [-0.4, -0.2) is 57.1 Å². The number of hydrogen-bond donors (Lipinski definition) is 2. The molecule has 5 rings (SSSR count). The second kappa shape index (κ2) is 11.0. The van der Waals surface area contributed by atoms with E-state index < -0.39 is 24.8 Å². The quantitative estimate of drug-likeness (QED) is 0.365. The number of anilines is 1. The molecule has 0 radical (unpaired) electrons. The summed E-state index contributed by atoms with van der Waals surface area (Å²) < 4.78 is 42.6. The zero-order valence-electron chi connectivity index (χ0n) is 22.0. The molecule has 8 nitrogen and oxygen atoms in total. The predicted molar refractivity (Wildman–Crippen MR) is 147 cm³/mol. The predicted octanol–water partition coefficient (Wildman–Crippen LogP) is 4.70. The van der Waals surface area contributed by atoms with Gasteiger partial charge in [0.25, 0.3) is 0 Å². The standard InChI is InChI=1S/C29H29F3N6O2/c1-19-26(21-13-14-25(39)36(2)15-21)35-38(22-11-7-4-8-12-22)27(19)34-28(40)33-24-17-37(18-29(30,31)32)16-23(24)20-9-5-3-6-10-20/h3-15,23-24H,16-18H2,1-2H3,(H2,33,34,40)/t23-,24+/m1/s1. The average Bonchev–Trinajstić information content (AvgIpc) is 3.45. The summed E-state index contributed by atoms with van der Waals surface area (Å²) in [5.41, 5.74) is 3.35. The summed E-state index contributed by atoms with van der Waals surface area (Å²) in [6.45, 7) is 1.01. The van der Waals surface area contributed by atoms with Gasteiger partial charge in [-0.1, -0.05) is 48.5 Å². The Hall–Kier alpha value is -4.38. The minimum Gasteiger partial charge on any atom is -0.333 e. The van der Waals surface area contributed by atoms with E-state index in [-0.39, 0.29) is 24.6 Å². The molecule has 2 amide bonds. The lowest BCUT2D eigenvalue weighted by Gasteiger charge is -2.21. The van der Waals surface area contributed by atoms with Gasteiger partial charge >= 0.3 is 12.2 Å². The zero-order chi connectivity index (χ0) is 28.4. The van der Waals surface area contributed by atoms with Crippen LogP contribution >= 0.6 is 0 Å². The first-order chi connectivity index (χ1) is 19.1. The van der Waals surface area contributed by atoms with Crippen LogP contribution in [0, 0.1) is 6.92 Å². The van der Waals surface area contributed by atoms with Gasteiger partial charge in [0.05, 0.1) is 24.0 Å². The maximum Gasteiger partial charge on any atom is 0.401 e. The van der Waals surface area contributed by atoms with Crippen molar-refractivity contribution >= 4 is 11.8 Å². The summed E-state index contributed by atoms with van der Waals surface area (Å²) in [5.74, 6) is 0.101. The smallest absolute Gasteiger partial charge is 0.333 e. The molecular weight excluding hydrogens is 521 g/mol. The van der Waals surface area contributed by atoms with Gasteiger partial charge in [-0.2, -0.15) is 18.3 Å². The highest BCUT2D eigenvalue weighted by molar-refractivity contribution is 5.91. The van der Waals surface area contributed by atoms with Crippen molar-refractivity contribution in [1.82, 2.24) is 24.6 Å². The number of amides is 2. The molecule has 208 valence electrons. The molecule has 0 bridgehead atoms. The highest BCUT2D eigenvalue weighted by Crippen LogP contribution is 2.32. The molecule has 40 heavy (non-hydrogen) atoms. The molecule has 1 aliphatic rings. The molecule has 1 aliphatic heterocycles. The molecule has 2 aromatic heterocycles. The minimum atomic E-state index is -4.34. The minimum absolute atomic E-state index is 0.0622. The average molecular weight is 551 g/mol. The number of urea groups is 1. The normalized spacial score (nSPS) is 17.6. The molecular formula is C29H29F3N6O2. The summed E-state index contributed by atoms with van der Waals surface area (Å²) >= 11 is 0. The second-order valence-corrected chi connectivity index (χ2v) is 9.97. The number of alkyl halides is 3. The number of aromatic nitrogens is 3. The van der Waals surface area contributed by atoms with Crippen LogP contribution in [0.15, 0.2) is 83.8 Å². The Morgan fingerprint density at radius 3 is 2.33 bits per heavy atom. The molecule has 1 fully saturated rings. The zero-order valence-corrected chi connectivity index (χ0v) is 22.0. The number of benzene rings is 2. The highest BCUT2D eigenvalue weighted by Gasteiger charge is 2.40. The number of carbonyl (C=O) groups excluding carboxylic acids is 1. The first-order valence-electron chi connectivity index (χ1n) is 12.8. The topological polar surface area (TPSA) is 84.2 Å². The van der Waals surface area contributed by atoms with E-state index in [1.807, 2.05) is 67.6 Å². The number of halogens is 3. The van der Waals surface area contributed by atoms with Crippen LogP contribution in [0.25, 0.3) is 16.9 Å². The molecule has 2 atom stereocenters. The van der Waals surface area contributed by atoms with Crippen LogP contribution < -0.4 is 16.2 Å². The van der Waals surface area contributed by atoms with Crippen molar-refractivity contribution in [3.8, 4) is 16.9 Å². The van der Waals surface area contributed by atoms with Crippen LogP contribution in [0.5, 0.6) is 0 Å². The van der Waals surface area contributed by atoms with E-state index in [0.717, 1.165) is 5.56 Å². The van der Waals surface area contributed by atoms with E-state index in [4.69, 9.17) is 5.10 Å². The summed E-state index contributed by atoms with van der Waals surface area (Å²) in [5, 5.41) is 10.6. The Kier molecular flexibility index (Phi) is 7.49. The SMILES string of the molecule is Cc1c(-c2ccc(=O)n(C)c2)nn(-c2ccccc2)c1NC(=O)N[C@H]1CN(CC(F)(F)F)C[C@@H]1c1ccccc1. The molecule has 11 heteroatoms. The Balaban J connectivity index is 1.44. The Bertz CT molecular complexity index is 1550. The van der Waals surface area contributed by atoms with Crippen molar-refractivity contribution in [3.63, 3.8) is 0 Å². The summed E-state index contributed by atoms with van der Waals surface area (Å²) in [7, 11) is 1.65. The van der Waals surface area contributed by atoms with Gasteiger partial charge in [0.2, 0.25) is 5.56 Å². The molecule has 0 unspecified atom stereocenters. The lowest BCUT2D eigenvalue weighted by molar-refractivity contribution is -0.143. The fraction of sp³-hybridized carbons (Fsp3) is 0.276. The largest absolute Gasteiger partial charge is 0.401 e. The van der Waals surface area contributed by atoms with Crippen LogP contribution in [0.4, 0.5) is 23.8 Å². The number of nitrogens with one attached hydrogen (secondary N) is 2. The number of aryl methyl sites for hydroxylation is 1. The number of nitrogens with zero attached hydrogens (tertiary/aromatic N) is 4. The fourth-order valence-corrected chi connectivity index (χ4v) is 5.17. The molecule has 2 N–H and O–H groups in total. The van der Waals surface area contributed by atoms with Gasteiger partial charge < -0.3 is 9.88 Å². The Morgan fingerprint density at radius 2 is 1.68 bits per heavy atom. The van der Waals surface area contributed by atoms with Crippen LogP contribution in [0.3, 0.4) is 0 Å². The number of carbonyl (C=O) groups is 1. The molecule has 3 heterocycles. The molecule has 4 aromatic rings. The fourth-order valence-electron chi connectivity index (χ4n) is 5.17. The van der Waals surface area contributed by atoms with E-state index >= 15 is 0 Å². The summed E-state index contributed by atoms with van der Waals surface area (Å²) in [6.07, 6.45) is -2.66. The van der Waals surface area contributed by atoms with E-state index in [1.165, 1.54) is 15.5 Å². The van der Waals surface area contributed by atoms with Gasteiger partial charge in [-0.3, -0.25) is 15.0 Å². The first-order valence-corrected chi connectivity index (χ1v) is 12.8. The Morgan fingerprint density at radius 1 is 1.00 bits per heavy atom. The van der Waals surface area contributed by atoms with Crippen molar-refractivity contribution < 1.29 is 18.0 Å². The van der Waals surface area contributed by atoms with Gasteiger partial charge in [0, 0.05) is 49.4 Å². The van der Waals surface area contributed by atoms with Crippen molar-refractivity contribution in [2.24, 2.45) is 7.05 Å². The number of rotatable bonds is 6. The number of pyridine rings is 1. The van der Waals surface area contributed by atoms with E-state index in [0.29, 0.717) is 28.3 Å². The van der Waals surface area contributed by atoms with Gasteiger partial charge in [-0.25, -0.2) is 9.48 Å². The van der Waals surface area contributed by atoms with Crippen molar-refractivity contribution in [2.75, 3.05) is 25.0 Å². The molecule has 0 spiro atoms. The van der Waals surface area contributed by atoms with Crippen molar-refractivity contribution in [1.29, 1.82) is 0 Å². The van der Waals surface area contributed by atoms with Gasteiger partial charge in [-0.15, -0.1) is 0 Å². The monoisotopic (exact) mass is 550 g/mol. The maximum atomic E-state index is 13.4. The van der Waals surface area contributed by atoms with E-state index in [9.17, 15) is 22.8 Å². The van der Waals surface area contributed by atoms with Crippen molar-refractivity contribution in [2.45, 2.75) is 25.1 Å². The third-order valence-corrected chi connectivity index (χ3v) is 7.06.